The van der Waals surface area contributed by atoms with E-state index in [1.54, 1.807) is 30.4 Å². The second kappa shape index (κ2) is 8.19. The van der Waals surface area contributed by atoms with Crippen LogP contribution < -0.4 is 0 Å². The molecule has 0 spiro atoms. The summed E-state index contributed by atoms with van der Waals surface area (Å²) in [6.07, 6.45) is -0.875. The molecule has 0 aliphatic heterocycles. The number of hydrogen-bond donors (Lipinski definition) is 3. The highest BCUT2D eigenvalue weighted by atomic mass is 32.2. The standard InChI is InChI=1S/C7H16O3S2/c1-6(9)3-11-5-12-4-7(10)2-8/h6-10H,2-5H2,1H3. The van der Waals surface area contributed by atoms with Crippen LogP contribution in [-0.2, 0) is 0 Å². The number of thioether (sulfide) groups is 2. The van der Waals surface area contributed by atoms with Gasteiger partial charge in [0, 0.05) is 16.6 Å². The first-order valence-electron chi connectivity index (χ1n) is 3.79. The van der Waals surface area contributed by atoms with E-state index in [1.807, 2.05) is 0 Å². The number of aliphatic hydroxyl groups is 3. The molecule has 0 aliphatic rings. The van der Waals surface area contributed by atoms with Crippen molar-refractivity contribution < 1.29 is 15.3 Å². The second-order valence-corrected chi connectivity index (χ2v) is 4.97. The van der Waals surface area contributed by atoms with Crippen molar-refractivity contribution in [2.24, 2.45) is 0 Å². The summed E-state index contributed by atoms with van der Waals surface area (Å²) < 4.78 is 0. The molecule has 0 radical (unpaired) electrons. The third-order valence-corrected chi connectivity index (χ3v) is 3.72. The van der Waals surface area contributed by atoms with Crippen LogP contribution in [0.1, 0.15) is 6.92 Å². The summed E-state index contributed by atoms with van der Waals surface area (Å²) in [5.74, 6) is 1.28. The average molecular weight is 212 g/mol. The lowest BCUT2D eigenvalue weighted by molar-refractivity contribution is 0.113. The Balaban J connectivity index is 3.00. The van der Waals surface area contributed by atoms with Crippen molar-refractivity contribution in [1.82, 2.24) is 0 Å². The molecule has 0 amide bonds. The summed E-state index contributed by atoms with van der Waals surface area (Å²) in [7, 11) is 0. The van der Waals surface area contributed by atoms with Crippen LogP contribution in [0.5, 0.6) is 0 Å². The molecule has 74 valence electrons. The van der Waals surface area contributed by atoms with Crippen LogP contribution in [0, 0.1) is 0 Å². The summed E-state index contributed by atoms with van der Waals surface area (Å²) in [4.78, 5) is 0. The summed E-state index contributed by atoms with van der Waals surface area (Å²) in [5, 5.41) is 27.1. The first kappa shape index (κ1) is 12.6. The lowest BCUT2D eigenvalue weighted by Crippen LogP contribution is -2.14. The van der Waals surface area contributed by atoms with E-state index in [4.69, 9.17) is 15.3 Å². The van der Waals surface area contributed by atoms with Gasteiger partial charge in [-0.2, -0.15) is 0 Å². The molecule has 0 saturated heterocycles. The highest BCUT2D eigenvalue weighted by Crippen LogP contribution is 2.13. The summed E-state index contributed by atoms with van der Waals surface area (Å²) in [6.45, 7) is 1.58. The smallest absolute Gasteiger partial charge is 0.0861 e. The minimum Gasteiger partial charge on any atom is -0.394 e. The quantitative estimate of drug-likeness (QED) is 0.414. The molecule has 3 N–H and O–H groups in total. The zero-order valence-corrected chi connectivity index (χ0v) is 8.77. The summed E-state index contributed by atoms with van der Waals surface area (Å²) in [5.41, 5.74) is 0. The molecule has 0 heterocycles. The van der Waals surface area contributed by atoms with Gasteiger partial charge in [-0.3, -0.25) is 0 Å². The van der Waals surface area contributed by atoms with Crippen molar-refractivity contribution in [3.8, 4) is 0 Å². The first-order chi connectivity index (χ1) is 5.66. The zero-order valence-electron chi connectivity index (χ0n) is 7.14. The molecular weight excluding hydrogens is 196 g/mol. The molecule has 0 fully saturated rings. The van der Waals surface area contributed by atoms with Gasteiger partial charge in [0.15, 0.2) is 0 Å². The van der Waals surface area contributed by atoms with Gasteiger partial charge in [-0.1, -0.05) is 0 Å². The molecule has 0 aromatic rings. The van der Waals surface area contributed by atoms with E-state index in [-0.39, 0.29) is 12.7 Å². The van der Waals surface area contributed by atoms with Crippen LogP contribution in [0.25, 0.3) is 0 Å². The van der Waals surface area contributed by atoms with Crippen LogP contribution in [0.4, 0.5) is 0 Å². The Kier molecular flexibility index (Phi) is 8.59. The van der Waals surface area contributed by atoms with E-state index in [0.717, 1.165) is 10.8 Å². The Morgan fingerprint density at radius 1 is 1.17 bits per heavy atom. The van der Waals surface area contributed by atoms with E-state index in [9.17, 15) is 0 Å². The fourth-order valence-electron chi connectivity index (χ4n) is 0.514. The molecular formula is C7H16O3S2. The second-order valence-electron chi connectivity index (χ2n) is 2.54. The Bertz CT molecular complexity index is 101. The monoisotopic (exact) mass is 212 g/mol. The van der Waals surface area contributed by atoms with Gasteiger partial charge >= 0.3 is 0 Å². The van der Waals surface area contributed by atoms with Gasteiger partial charge in [-0.15, -0.1) is 23.5 Å². The molecule has 0 rings (SSSR count). The number of aliphatic hydroxyl groups excluding tert-OH is 3. The largest absolute Gasteiger partial charge is 0.394 e. The fraction of sp³-hybridized carbons (Fsp3) is 1.00. The van der Waals surface area contributed by atoms with Crippen molar-refractivity contribution in [2.75, 3.05) is 23.2 Å². The Morgan fingerprint density at radius 3 is 2.25 bits per heavy atom. The van der Waals surface area contributed by atoms with E-state index >= 15 is 0 Å². The van der Waals surface area contributed by atoms with Gasteiger partial charge in [-0.05, 0) is 6.92 Å². The average Bonchev–Trinajstić information content (AvgIpc) is 2.03. The topological polar surface area (TPSA) is 60.7 Å². The van der Waals surface area contributed by atoms with Crippen LogP contribution in [0.3, 0.4) is 0 Å². The summed E-state index contributed by atoms with van der Waals surface area (Å²) in [6, 6.07) is 0. The number of hydrogen-bond acceptors (Lipinski definition) is 5. The highest BCUT2D eigenvalue weighted by molar-refractivity contribution is 8.16. The van der Waals surface area contributed by atoms with Crippen LogP contribution in [-0.4, -0.2) is 50.7 Å². The van der Waals surface area contributed by atoms with Crippen molar-refractivity contribution in [2.45, 2.75) is 19.1 Å². The Morgan fingerprint density at radius 2 is 1.75 bits per heavy atom. The van der Waals surface area contributed by atoms with Gasteiger partial charge < -0.3 is 15.3 Å². The van der Waals surface area contributed by atoms with Gasteiger partial charge in [0.2, 0.25) is 0 Å². The number of rotatable bonds is 7. The fourth-order valence-corrected chi connectivity index (χ4v) is 2.47. The molecule has 2 unspecified atom stereocenters. The predicted molar refractivity (Wildman–Crippen MR) is 54.6 cm³/mol. The van der Waals surface area contributed by atoms with Gasteiger partial charge in [0.05, 0.1) is 18.8 Å². The highest BCUT2D eigenvalue weighted by Gasteiger charge is 2.01. The minimum absolute atomic E-state index is 0.173. The minimum atomic E-state index is -0.609. The predicted octanol–water partition coefficient (Wildman–Crippen LogP) is 0.144. The van der Waals surface area contributed by atoms with E-state index in [1.165, 1.54) is 0 Å². The molecule has 0 aliphatic carbocycles. The Hall–Kier alpha value is 0.580. The van der Waals surface area contributed by atoms with Crippen molar-refractivity contribution in [3.63, 3.8) is 0 Å². The van der Waals surface area contributed by atoms with E-state index in [2.05, 4.69) is 0 Å². The summed E-state index contributed by atoms with van der Waals surface area (Å²) >= 11 is 3.20. The maximum atomic E-state index is 8.94. The third-order valence-electron chi connectivity index (χ3n) is 1.05. The molecule has 12 heavy (non-hydrogen) atoms. The van der Waals surface area contributed by atoms with Crippen LogP contribution in [0.15, 0.2) is 0 Å². The van der Waals surface area contributed by atoms with Crippen molar-refractivity contribution in [3.05, 3.63) is 0 Å². The lowest BCUT2D eigenvalue weighted by atomic mass is 10.4. The van der Waals surface area contributed by atoms with Crippen LogP contribution in [0.2, 0.25) is 0 Å². The zero-order chi connectivity index (χ0) is 9.40. The van der Waals surface area contributed by atoms with E-state index < -0.39 is 6.10 Å². The SMILES string of the molecule is CC(O)CSCSCC(O)CO. The molecule has 5 heteroatoms. The Labute approximate surface area is 81.6 Å². The first-order valence-corrected chi connectivity index (χ1v) is 6.10. The third kappa shape index (κ3) is 8.67. The van der Waals surface area contributed by atoms with Crippen molar-refractivity contribution in [1.29, 1.82) is 0 Å². The molecule has 0 saturated carbocycles. The van der Waals surface area contributed by atoms with Gasteiger partial charge in [-0.25, -0.2) is 0 Å². The molecule has 0 aromatic heterocycles. The molecule has 3 nitrogen and oxygen atoms in total. The maximum absolute atomic E-state index is 8.94. The van der Waals surface area contributed by atoms with Gasteiger partial charge in [0.25, 0.3) is 0 Å². The normalized spacial score (nSPS) is 16.0. The molecule has 0 bridgehead atoms. The molecule has 2 atom stereocenters. The van der Waals surface area contributed by atoms with Crippen molar-refractivity contribution >= 4 is 23.5 Å². The van der Waals surface area contributed by atoms with Crippen LogP contribution >= 0.6 is 23.5 Å². The van der Waals surface area contributed by atoms with Gasteiger partial charge in [0.1, 0.15) is 0 Å². The molecule has 0 aromatic carbocycles. The maximum Gasteiger partial charge on any atom is 0.0861 e. The van der Waals surface area contributed by atoms with E-state index in [0.29, 0.717) is 5.75 Å². The lowest BCUT2D eigenvalue weighted by Gasteiger charge is -2.06.